The van der Waals surface area contributed by atoms with Crippen molar-refractivity contribution in [2.75, 3.05) is 19.6 Å². The van der Waals surface area contributed by atoms with Crippen LogP contribution >= 0.6 is 0 Å². The van der Waals surface area contributed by atoms with E-state index in [0.717, 1.165) is 24.8 Å². The average molecular weight is 348 g/mol. The fourth-order valence-electron chi connectivity index (χ4n) is 3.31. The monoisotopic (exact) mass is 348 g/mol. The van der Waals surface area contributed by atoms with Crippen LogP contribution in [-0.4, -0.2) is 50.2 Å². The predicted molar refractivity (Wildman–Crippen MR) is 95.4 cm³/mol. The molecule has 0 bridgehead atoms. The predicted octanol–water partition coefficient (Wildman–Crippen LogP) is 1.96. The molecule has 1 saturated heterocycles. The Hall–Kier alpha value is -1.47. The number of aliphatic hydroxyl groups is 1. The second-order valence-electron chi connectivity index (χ2n) is 6.47. The lowest BCUT2D eigenvalue weighted by Crippen LogP contribution is -2.41. The van der Waals surface area contributed by atoms with Gasteiger partial charge in [-0.1, -0.05) is 36.4 Å². The molecule has 0 amide bonds. The van der Waals surface area contributed by atoms with Crippen molar-refractivity contribution < 1.29 is 13.5 Å². The summed E-state index contributed by atoms with van der Waals surface area (Å²) in [5.74, 6) is 0. The van der Waals surface area contributed by atoms with Gasteiger partial charge >= 0.3 is 0 Å². The summed E-state index contributed by atoms with van der Waals surface area (Å²) < 4.78 is 27.8. The standard InChI is InChI=1S/C18H24N2O3S/c1-14-6-5-11-20(14)13-16(21)12-19-24(22,23)18-10-4-8-15-7-2-3-9-17(15)18/h2-4,7-10,14,16,19,21H,5-6,11-13H2,1H3/t14?,16-/m0/s1. The third-order valence-electron chi connectivity index (χ3n) is 4.68. The maximum atomic E-state index is 12.6. The molecule has 2 aromatic carbocycles. The smallest absolute Gasteiger partial charge is 0.241 e. The Morgan fingerprint density at radius 2 is 2.00 bits per heavy atom. The second kappa shape index (κ2) is 7.19. The number of hydrogen-bond donors (Lipinski definition) is 2. The quantitative estimate of drug-likeness (QED) is 0.837. The number of rotatable bonds is 6. The minimum atomic E-state index is -3.66. The summed E-state index contributed by atoms with van der Waals surface area (Å²) in [6.07, 6.45) is 1.56. The number of likely N-dealkylation sites (tertiary alicyclic amines) is 1. The first-order valence-electron chi connectivity index (χ1n) is 8.37. The zero-order chi connectivity index (χ0) is 17.2. The highest BCUT2D eigenvalue weighted by atomic mass is 32.2. The van der Waals surface area contributed by atoms with E-state index in [1.807, 2.05) is 24.3 Å². The third kappa shape index (κ3) is 3.78. The van der Waals surface area contributed by atoms with Gasteiger partial charge < -0.3 is 5.11 Å². The van der Waals surface area contributed by atoms with Gasteiger partial charge in [0.1, 0.15) is 0 Å². The number of benzene rings is 2. The van der Waals surface area contributed by atoms with E-state index >= 15 is 0 Å². The second-order valence-corrected chi connectivity index (χ2v) is 8.20. The van der Waals surface area contributed by atoms with Gasteiger partial charge in [0, 0.05) is 24.5 Å². The number of aliphatic hydroxyl groups excluding tert-OH is 1. The lowest BCUT2D eigenvalue weighted by Gasteiger charge is -2.24. The molecule has 6 heteroatoms. The molecule has 2 N–H and O–H groups in total. The summed E-state index contributed by atoms with van der Waals surface area (Å²) in [4.78, 5) is 2.46. The molecule has 5 nitrogen and oxygen atoms in total. The molecule has 2 atom stereocenters. The first kappa shape index (κ1) is 17.4. The summed E-state index contributed by atoms with van der Waals surface area (Å²) in [5.41, 5.74) is 0. The van der Waals surface area contributed by atoms with Gasteiger partial charge in [-0.3, -0.25) is 4.90 Å². The van der Waals surface area contributed by atoms with Crippen molar-refractivity contribution in [3.05, 3.63) is 42.5 Å². The maximum Gasteiger partial charge on any atom is 0.241 e. The molecule has 3 rings (SSSR count). The number of fused-ring (bicyclic) bond motifs is 1. The first-order chi connectivity index (χ1) is 11.5. The summed E-state index contributed by atoms with van der Waals surface area (Å²) in [6, 6.07) is 13.1. The number of sulfonamides is 1. The van der Waals surface area contributed by atoms with Crippen molar-refractivity contribution in [2.24, 2.45) is 0 Å². The van der Waals surface area contributed by atoms with Gasteiger partial charge in [-0.05, 0) is 37.8 Å². The van der Waals surface area contributed by atoms with Crippen LogP contribution in [0.15, 0.2) is 47.4 Å². The molecular formula is C18H24N2O3S. The summed E-state index contributed by atoms with van der Waals surface area (Å²) >= 11 is 0. The molecule has 0 aliphatic carbocycles. The van der Waals surface area contributed by atoms with E-state index in [1.54, 1.807) is 18.2 Å². The lowest BCUT2D eigenvalue weighted by molar-refractivity contribution is 0.112. The maximum absolute atomic E-state index is 12.6. The van der Waals surface area contributed by atoms with Crippen LogP contribution in [0.4, 0.5) is 0 Å². The van der Waals surface area contributed by atoms with Crippen LogP contribution in [0.1, 0.15) is 19.8 Å². The van der Waals surface area contributed by atoms with E-state index in [4.69, 9.17) is 0 Å². The van der Waals surface area contributed by atoms with Crippen LogP contribution in [0.3, 0.4) is 0 Å². The van der Waals surface area contributed by atoms with Crippen molar-refractivity contribution in [3.63, 3.8) is 0 Å². The zero-order valence-electron chi connectivity index (χ0n) is 13.9. The Kier molecular flexibility index (Phi) is 5.20. The van der Waals surface area contributed by atoms with Crippen molar-refractivity contribution in [2.45, 2.75) is 36.8 Å². The summed E-state index contributed by atoms with van der Waals surface area (Å²) in [7, 11) is -3.66. The van der Waals surface area contributed by atoms with Crippen LogP contribution in [0, 0.1) is 0 Å². The van der Waals surface area contributed by atoms with E-state index in [-0.39, 0.29) is 11.4 Å². The van der Waals surface area contributed by atoms with Crippen LogP contribution in [0.5, 0.6) is 0 Å². The van der Waals surface area contributed by atoms with Crippen molar-refractivity contribution in [3.8, 4) is 0 Å². The highest BCUT2D eigenvalue weighted by molar-refractivity contribution is 7.89. The van der Waals surface area contributed by atoms with Crippen molar-refractivity contribution >= 4 is 20.8 Å². The number of β-amino-alcohol motifs (C(OH)–C–C–N with tert-alkyl or cyclic N) is 1. The molecule has 0 saturated carbocycles. The molecule has 1 aliphatic heterocycles. The van der Waals surface area contributed by atoms with Gasteiger partial charge in [0.05, 0.1) is 11.0 Å². The minimum Gasteiger partial charge on any atom is -0.390 e. The van der Waals surface area contributed by atoms with E-state index in [9.17, 15) is 13.5 Å². The number of hydrogen-bond acceptors (Lipinski definition) is 4. The largest absolute Gasteiger partial charge is 0.390 e. The molecule has 1 heterocycles. The molecular weight excluding hydrogens is 324 g/mol. The van der Waals surface area contributed by atoms with Gasteiger partial charge in [-0.15, -0.1) is 0 Å². The van der Waals surface area contributed by atoms with E-state index in [1.165, 1.54) is 0 Å². The minimum absolute atomic E-state index is 0.0226. The Bertz CT molecular complexity index is 802. The van der Waals surface area contributed by atoms with Crippen LogP contribution in [0.2, 0.25) is 0 Å². The topological polar surface area (TPSA) is 69.6 Å². The van der Waals surface area contributed by atoms with E-state index < -0.39 is 16.1 Å². The van der Waals surface area contributed by atoms with Gasteiger partial charge in [-0.2, -0.15) is 0 Å². The fourth-order valence-corrected chi connectivity index (χ4v) is 4.61. The summed E-state index contributed by atoms with van der Waals surface area (Å²) in [6.45, 7) is 3.63. The van der Waals surface area contributed by atoms with E-state index in [2.05, 4.69) is 16.5 Å². The molecule has 1 fully saturated rings. The lowest BCUT2D eigenvalue weighted by atomic mass is 10.1. The fraction of sp³-hybridized carbons (Fsp3) is 0.444. The molecule has 0 spiro atoms. The Morgan fingerprint density at radius 1 is 1.25 bits per heavy atom. The molecule has 1 unspecified atom stereocenters. The Balaban J connectivity index is 1.69. The number of nitrogens with one attached hydrogen (secondary N) is 1. The molecule has 0 aromatic heterocycles. The zero-order valence-corrected chi connectivity index (χ0v) is 14.7. The first-order valence-corrected chi connectivity index (χ1v) is 9.85. The van der Waals surface area contributed by atoms with Gasteiger partial charge in [0.2, 0.25) is 10.0 Å². The van der Waals surface area contributed by atoms with E-state index in [0.29, 0.717) is 18.0 Å². The molecule has 0 radical (unpaired) electrons. The van der Waals surface area contributed by atoms with Crippen molar-refractivity contribution in [1.29, 1.82) is 0 Å². The van der Waals surface area contributed by atoms with Crippen LogP contribution < -0.4 is 4.72 Å². The van der Waals surface area contributed by atoms with Crippen molar-refractivity contribution in [1.82, 2.24) is 9.62 Å². The number of nitrogens with zero attached hydrogens (tertiary/aromatic N) is 1. The highest BCUT2D eigenvalue weighted by Gasteiger charge is 2.24. The highest BCUT2D eigenvalue weighted by Crippen LogP contribution is 2.22. The molecule has 1 aliphatic rings. The van der Waals surface area contributed by atoms with Gasteiger partial charge in [-0.25, -0.2) is 13.1 Å². The van der Waals surface area contributed by atoms with Crippen LogP contribution in [-0.2, 0) is 10.0 Å². The Labute approximate surface area is 143 Å². The third-order valence-corrected chi connectivity index (χ3v) is 6.17. The normalized spacial score (nSPS) is 20.5. The van der Waals surface area contributed by atoms with Crippen LogP contribution in [0.25, 0.3) is 10.8 Å². The SMILES string of the molecule is CC1CCCN1C[C@@H](O)CNS(=O)(=O)c1cccc2ccccc12. The van der Waals surface area contributed by atoms with Gasteiger partial charge in [0.25, 0.3) is 0 Å². The Morgan fingerprint density at radius 3 is 2.75 bits per heavy atom. The summed E-state index contributed by atoms with van der Waals surface area (Å²) in [5, 5.41) is 11.8. The molecule has 24 heavy (non-hydrogen) atoms. The molecule has 2 aromatic rings. The average Bonchev–Trinajstić information content (AvgIpc) is 2.97. The molecule has 130 valence electrons. The van der Waals surface area contributed by atoms with Gasteiger partial charge in [0.15, 0.2) is 0 Å².